The molecule has 1 unspecified atom stereocenters. The first-order valence-electron chi connectivity index (χ1n) is 6.32. The molecule has 0 radical (unpaired) electrons. The monoisotopic (exact) mass is 268 g/mol. The molecule has 1 N–H and O–H groups in total. The van der Waals surface area contributed by atoms with E-state index in [2.05, 4.69) is 25.2 Å². The van der Waals surface area contributed by atoms with Gasteiger partial charge < -0.3 is 15.0 Å². The Kier molecular flexibility index (Phi) is 4.74. The van der Waals surface area contributed by atoms with E-state index in [1.54, 1.807) is 11.3 Å². The van der Waals surface area contributed by atoms with Crippen molar-refractivity contribution >= 4 is 17.2 Å². The number of thiophene rings is 1. The lowest BCUT2D eigenvalue weighted by Gasteiger charge is -2.32. The number of carbonyl (C=O) groups excluding carboxylic acids is 1. The van der Waals surface area contributed by atoms with Crippen LogP contribution < -0.4 is 5.32 Å². The van der Waals surface area contributed by atoms with E-state index in [4.69, 9.17) is 4.74 Å². The second kappa shape index (κ2) is 6.31. The third-order valence-electron chi connectivity index (χ3n) is 3.03. The molecule has 0 aromatic carbocycles. The SMILES string of the molecule is CC(C)N(Cc1cccs1)C(=O)C1COCCN1. The fraction of sp³-hybridized carbons (Fsp3) is 0.615. The summed E-state index contributed by atoms with van der Waals surface area (Å²) in [7, 11) is 0. The normalized spacial score (nSPS) is 20.1. The van der Waals surface area contributed by atoms with Crippen LogP contribution in [0.25, 0.3) is 0 Å². The third-order valence-corrected chi connectivity index (χ3v) is 3.89. The number of carbonyl (C=O) groups is 1. The van der Waals surface area contributed by atoms with Gasteiger partial charge in [0, 0.05) is 17.5 Å². The van der Waals surface area contributed by atoms with Crippen LogP contribution in [-0.2, 0) is 16.1 Å². The second-order valence-corrected chi connectivity index (χ2v) is 5.75. The molecule has 2 rings (SSSR count). The standard InChI is InChI=1S/C13H20N2O2S/c1-10(2)15(8-11-4-3-7-18-11)13(16)12-9-17-6-5-14-12/h3-4,7,10,12,14H,5-6,8-9H2,1-2H3. The quantitative estimate of drug-likeness (QED) is 0.899. The van der Waals surface area contributed by atoms with Gasteiger partial charge in [-0.15, -0.1) is 11.3 Å². The summed E-state index contributed by atoms with van der Waals surface area (Å²) in [5, 5.41) is 5.26. The number of nitrogens with one attached hydrogen (secondary N) is 1. The molecule has 1 fully saturated rings. The molecule has 1 aromatic heterocycles. The molecule has 1 aromatic rings. The van der Waals surface area contributed by atoms with Crippen LogP contribution in [0.1, 0.15) is 18.7 Å². The van der Waals surface area contributed by atoms with E-state index in [9.17, 15) is 4.79 Å². The number of nitrogens with zero attached hydrogens (tertiary/aromatic N) is 1. The van der Waals surface area contributed by atoms with Crippen LogP contribution in [0.15, 0.2) is 17.5 Å². The largest absolute Gasteiger partial charge is 0.378 e. The lowest BCUT2D eigenvalue weighted by molar-refractivity contribution is -0.138. The molecule has 18 heavy (non-hydrogen) atoms. The predicted octanol–water partition coefficient (Wildman–Crippen LogP) is 1.47. The minimum Gasteiger partial charge on any atom is -0.378 e. The van der Waals surface area contributed by atoms with E-state index in [1.807, 2.05) is 16.3 Å². The summed E-state index contributed by atoms with van der Waals surface area (Å²) in [5.74, 6) is 0.137. The zero-order valence-electron chi connectivity index (χ0n) is 10.9. The number of hydrogen-bond donors (Lipinski definition) is 1. The van der Waals surface area contributed by atoms with E-state index >= 15 is 0 Å². The van der Waals surface area contributed by atoms with E-state index in [1.165, 1.54) is 4.88 Å². The zero-order chi connectivity index (χ0) is 13.0. The Morgan fingerprint density at radius 3 is 3.06 bits per heavy atom. The third kappa shape index (κ3) is 3.31. The van der Waals surface area contributed by atoms with Crippen LogP contribution in [0.4, 0.5) is 0 Å². The highest BCUT2D eigenvalue weighted by molar-refractivity contribution is 7.09. The number of ether oxygens (including phenoxy) is 1. The highest BCUT2D eigenvalue weighted by Gasteiger charge is 2.27. The van der Waals surface area contributed by atoms with Gasteiger partial charge in [-0.3, -0.25) is 4.79 Å². The minimum absolute atomic E-state index is 0.137. The first-order chi connectivity index (χ1) is 8.68. The molecule has 2 heterocycles. The molecule has 1 amide bonds. The van der Waals surface area contributed by atoms with E-state index in [-0.39, 0.29) is 18.0 Å². The maximum absolute atomic E-state index is 12.5. The number of rotatable bonds is 4. The van der Waals surface area contributed by atoms with Crippen molar-refractivity contribution < 1.29 is 9.53 Å². The summed E-state index contributed by atoms with van der Waals surface area (Å²) in [4.78, 5) is 15.6. The first kappa shape index (κ1) is 13.5. The van der Waals surface area contributed by atoms with Crippen molar-refractivity contribution in [1.82, 2.24) is 10.2 Å². The maximum Gasteiger partial charge on any atom is 0.242 e. The van der Waals surface area contributed by atoms with Gasteiger partial charge in [-0.2, -0.15) is 0 Å². The molecule has 0 saturated carbocycles. The van der Waals surface area contributed by atoms with E-state index in [0.29, 0.717) is 19.8 Å². The molecular weight excluding hydrogens is 248 g/mol. The number of amides is 1. The lowest BCUT2D eigenvalue weighted by atomic mass is 10.2. The van der Waals surface area contributed by atoms with E-state index < -0.39 is 0 Å². The van der Waals surface area contributed by atoms with Crippen molar-refractivity contribution in [1.29, 1.82) is 0 Å². The highest BCUT2D eigenvalue weighted by atomic mass is 32.1. The van der Waals surface area contributed by atoms with Crippen molar-refractivity contribution in [2.75, 3.05) is 19.8 Å². The van der Waals surface area contributed by atoms with Gasteiger partial charge in [0.2, 0.25) is 5.91 Å². The number of morpholine rings is 1. The molecule has 0 bridgehead atoms. The highest BCUT2D eigenvalue weighted by Crippen LogP contribution is 2.15. The van der Waals surface area contributed by atoms with Crippen molar-refractivity contribution in [3.05, 3.63) is 22.4 Å². The molecule has 1 saturated heterocycles. The first-order valence-corrected chi connectivity index (χ1v) is 7.20. The van der Waals surface area contributed by atoms with Crippen LogP contribution in [0, 0.1) is 0 Å². The van der Waals surface area contributed by atoms with Gasteiger partial charge in [0.25, 0.3) is 0 Å². The summed E-state index contributed by atoms with van der Waals surface area (Å²) in [5.41, 5.74) is 0. The van der Waals surface area contributed by atoms with Crippen molar-refractivity contribution in [3.8, 4) is 0 Å². The fourth-order valence-corrected chi connectivity index (χ4v) is 2.71. The van der Waals surface area contributed by atoms with Crippen molar-refractivity contribution in [3.63, 3.8) is 0 Å². The van der Waals surface area contributed by atoms with Crippen molar-refractivity contribution in [2.24, 2.45) is 0 Å². The van der Waals surface area contributed by atoms with E-state index in [0.717, 1.165) is 6.54 Å². The van der Waals surface area contributed by atoms with Gasteiger partial charge in [0.1, 0.15) is 6.04 Å². The lowest BCUT2D eigenvalue weighted by Crippen LogP contribution is -2.53. The second-order valence-electron chi connectivity index (χ2n) is 4.72. The summed E-state index contributed by atoms with van der Waals surface area (Å²) in [6, 6.07) is 4.09. The summed E-state index contributed by atoms with van der Waals surface area (Å²) >= 11 is 1.69. The van der Waals surface area contributed by atoms with Crippen LogP contribution in [0.2, 0.25) is 0 Å². The minimum atomic E-state index is -0.193. The Hall–Kier alpha value is -0.910. The molecule has 100 valence electrons. The molecule has 0 spiro atoms. The average molecular weight is 268 g/mol. The van der Waals surface area contributed by atoms with Gasteiger partial charge in [0.05, 0.1) is 19.8 Å². The van der Waals surface area contributed by atoms with Crippen LogP contribution >= 0.6 is 11.3 Å². The molecule has 5 heteroatoms. The van der Waals surface area contributed by atoms with Gasteiger partial charge in [-0.05, 0) is 25.3 Å². The summed E-state index contributed by atoms with van der Waals surface area (Å²) < 4.78 is 5.36. The summed E-state index contributed by atoms with van der Waals surface area (Å²) in [6.45, 7) is 6.71. The zero-order valence-corrected chi connectivity index (χ0v) is 11.7. The molecular formula is C13H20N2O2S. The van der Waals surface area contributed by atoms with Gasteiger partial charge in [-0.1, -0.05) is 6.07 Å². The van der Waals surface area contributed by atoms with Gasteiger partial charge >= 0.3 is 0 Å². The molecule has 1 atom stereocenters. The Balaban J connectivity index is 2.02. The number of hydrogen-bond acceptors (Lipinski definition) is 4. The predicted molar refractivity (Wildman–Crippen MR) is 72.6 cm³/mol. The molecule has 0 aliphatic carbocycles. The van der Waals surface area contributed by atoms with Gasteiger partial charge in [0.15, 0.2) is 0 Å². The molecule has 1 aliphatic rings. The fourth-order valence-electron chi connectivity index (χ4n) is 2.01. The Morgan fingerprint density at radius 2 is 2.50 bits per heavy atom. The Bertz CT molecular complexity index is 372. The topological polar surface area (TPSA) is 41.6 Å². The Morgan fingerprint density at radius 1 is 1.67 bits per heavy atom. The van der Waals surface area contributed by atoms with Gasteiger partial charge in [-0.25, -0.2) is 0 Å². The van der Waals surface area contributed by atoms with Crippen LogP contribution in [0.5, 0.6) is 0 Å². The maximum atomic E-state index is 12.5. The average Bonchev–Trinajstić information content (AvgIpc) is 2.89. The Labute approximate surface area is 112 Å². The molecule has 4 nitrogen and oxygen atoms in total. The van der Waals surface area contributed by atoms with Crippen LogP contribution in [-0.4, -0.2) is 42.6 Å². The summed E-state index contributed by atoms with van der Waals surface area (Å²) in [6.07, 6.45) is 0. The van der Waals surface area contributed by atoms with Crippen molar-refractivity contribution in [2.45, 2.75) is 32.5 Å². The van der Waals surface area contributed by atoms with Crippen LogP contribution in [0.3, 0.4) is 0 Å². The molecule has 1 aliphatic heterocycles. The smallest absolute Gasteiger partial charge is 0.242 e.